The molecule has 3 aromatic rings. The molecule has 1 fully saturated rings. The third-order valence-corrected chi connectivity index (χ3v) is 5.41. The third-order valence-electron chi connectivity index (χ3n) is 5.21. The van der Waals surface area contributed by atoms with Crippen molar-refractivity contribution >= 4 is 22.4 Å². The fourth-order valence-electron chi connectivity index (χ4n) is 3.68. The SMILES string of the molecule is C[C@@H]1CCCN1CCc1ccc2cc(-c3ccc(Cl)nn3)ccc2c1. The minimum Gasteiger partial charge on any atom is -0.300 e. The quantitative estimate of drug-likeness (QED) is 0.664. The predicted octanol–water partition coefficient (Wildman–Crippen LogP) is 4.98. The van der Waals surface area contributed by atoms with E-state index in [0.717, 1.165) is 30.3 Å². The van der Waals surface area contributed by atoms with Gasteiger partial charge >= 0.3 is 0 Å². The summed E-state index contributed by atoms with van der Waals surface area (Å²) in [6.45, 7) is 4.75. The van der Waals surface area contributed by atoms with E-state index in [4.69, 9.17) is 11.6 Å². The van der Waals surface area contributed by atoms with Crippen LogP contribution in [0.4, 0.5) is 0 Å². The third kappa shape index (κ3) is 3.68. The summed E-state index contributed by atoms with van der Waals surface area (Å²) in [5.41, 5.74) is 3.32. The lowest BCUT2D eigenvalue weighted by atomic mass is 10.0. The first-order chi connectivity index (χ1) is 12.2. The van der Waals surface area contributed by atoms with Crippen LogP contribution in [0.25, 0.3) is 22.0 Å². The molecule has 0 amide bonds. The maximum Gasteiger partial charge on any atom is 0.151 e. The zero-order chi connectivity index (χ0) is 17.2. The van der Waals surface area contributed by atoms with Crippen molar-refractivity contribution in [2.75, 3.05) is 13.1 Å². The second-order valence-electron chi connectivity index (χ2n) is 6.91. The van der Waals surface area contributed by atoms with Gasteiger partial charge in [0.1, 0.15) is 0 Å². The maximum atomic E-state index is 5.82. The number of rotatable bonds is 4. The first-order valence-electron chi connectivity index (χ1n) is 8.95. The van der Waals surface area contributed by atoms with E-state index in [0.29, 0.717) is 5.15 Å². The number of likely N-dealkylation sites (tertiary alicyclic amines) is 1. The lowest BCUT2D eigenvalue weighted by Gasteiger charge is -2.20. The number of hydrogen-bond donors (Lipinski definition) is 0. The molecule has 0 radical (unpaired) electrons. The summed E-state index contributed by atoms with van der Waals surface area (Å²) in [5, 5.41) is 11.0. The van der Waals surface area contributed by atoms with E-state index >= 15 is 0 Å². The summed E-state index contributed by atoms with van der Waals surface area (Å²) in [6.07, 6.45) is 3.80. The second kappa shape index (κ2) is 7.11. The van der Waals surface area contributed by atoms with Crippen LogP contribution in [0.15, 0.2) is 48.5 Å². The van der Waals surface area contributed by atoms with Gasteiger partial charge in [-0.25, -0.2) is 0 Å². The van der Waals surface area contributed by atoms with E-state index in [1.807, 2.05) is 6.07 Å². The van der Waals surface area contributed by atoms with Crippen molar-refractivity contribution in [3.63, 3.8) is 0 Å². The first kappa shape index (κ1) is 16.5. The van der Waals surface area contributed by atoms with Crippen LogP contribution < -0.4 is 0 Å². The van der Waals surface area contributed by atoms with Gasteiger partial charge in [-0.2, -0.15) is 0 Å². The molecule has 0 N–H and O–H groups in total. The smallest absolute Gasteiger partial charge is 0.151 e. The molecule has 3 nitrogen and oxygen atoms in total. The van der Waals surface area contributed by atoms with Crippen LogP contribution in [0, 0.1) is 0 Å². The molecule has 0 aliphatic carbocycles. The molecular formula is C21H22ClN3. The van der Waals surface area contributed by atoms with E-state index in [1.165, 1.54) is 35.7 Å². The average Bonchev–Trinajstić information content (AvgIpc) is 3.05. The molecule has 4 rings (SSSR count). The molecule has 128 valence electrons. The van der Waals surface area contributed by atoms with Crippen molar-refractivity contribution in [3.8, 4) is 11.3 Å². The summed E-state index contributed by atoms with van der Waals surface area (Å²) in [4.78, 5) is 2.60. The van der Waals surface area contributed by atoms with Gasteiger partial charge in [-0.1, -0.05) is 41.9 Å². The van der Waals surface area contributed by atoms with Crippen LogP contribution in [0.3, 0.4) is 0 Å². The summed E-state index contributed by atoms with van der Waals surface area (Å²) in [6, 6.07) is 17.6. The molecule has 1 aromatic heterocycles. The number of benzene rings is 2. The van der Waals surface area contributed by atoms with Crippen LogP contribution >= 0.6 is 11.6 Å². The monoisotopic (exact) mass is 351 g/mol. The molecule has 1 saturated heterocycles. The van der Waals surface area contributed by atoms with Gasteiger partial charge in [-0.3, -0.25) is 0 Å². The molecule has 0 bridgehead atoms. The van der Waals surface area contributed by atoms with E-state index in [2.05, 4.69) is 58.4 Å². The van der Waals surface area contributed by atoms with Crippen molar-refractivity contribution in [2.24, 2.45) is 0 Å². The molecule has 1 atom stereocenters. The minimum atomic E-state index is 0.418. The van der Waals surface area contributed by atoms with Gasteiger partial charge in [0.25, 0.3) is 0 Å². The standard InChI is InChI=1S/C21H22ClN3/c1-15-3-2-11-25(15)12-10-16-4-5-18-14-19(7-6-17(18)13-16)20-8-9-21(22)24-23-20/h4-9,13-15H,2-3,10-12H2,1H3/t15-/m1/s1. The van der Waals surface area contributed by atoms with Crippen LogP contribution in [0.2, 0.25) is 5.15 Å². The van der Waals surface area contributed by atoms with Gasteiger partial charge in [-0.05, 0) is 67.3 Å². The molecule has 1 aliphatic heterocycles. The van der Waals surface area contributed by atoms with E-state index < -0.39 is 0 Å². The van der Waals surface area contributed by atoms with Gasteiger partial charge in [0.05, 0.1) is 5.69 Å². The molecule has 0 unspecified atom stereocenters. The highest BCUT2D eigenvalue weighted by atomic mass is 35.5. The van der Waals surface area contributed by atoms with E-state index in [-0.39, 0.29) is 0 Å². The number of nitrogens with zero attached hydrogens (tertiary/aromatic N) is 3. The zero-order valence-electron chi connectivity index (χ0n) is 14.5. The Balaban J connectivity index is 1.53. The van der Waals surface area contributed by atoms with Crippen LogP contribution in [-0.2, 0) is 6.42 Å². The molecule has 2 heterocycles. The van der Waals surface area contributed by atoms with Gasteiger partial charge in [-0.15, -0.1) is 10.2 Å². The Labute approximate surface area is 153 Å². The summed E-state index contributed by atoms with van der Waals surface area (Å²) >= 11 is 5.82. The highest BCUT2D eigenvalue weighted by Crippen LogP contribution is 2.25. The average molecular weight is 352 g/mol. The lowest BCUT2D eigenvalue weighted by molar-refractivity contribution is 0.272. The molecular weight excluding hydrogens is 330 g/mol. The van der Waals surface area contributed by atoms with Crippen molar-refractivity contribution in [3.05, 3.63) is 59.2 Å². The van der Waals surface area contributed by atoms with Crippen molar-refractivity contribution in [2.45, 2.75) is 32.2 Å². The fourth-order valence-corrected chi connectivity index (χ4v) is 3.78. The maximum absolute atomic E-state index is 5.82. The Bertz CT molecular complexity index is 876. The largest absolute Gasteiger partial charge is 0.300 e. The zero-order valence-corrected chi connectivity index (χ0v) is 15.2. The van der Waals surface area contributed by atoms with Gasteiger partial charge in [0.15, 0.2) is 5.15 Å². The highest BCUT2D eigenvalue weighted by molar-refractivity contribution is 6.29. The Morgan fingerprint density at radius 3 is 2.64 bits per heavy atom. The first-order valence-corrected chi connectivity index (χ1v) is 9.33. The van der Waals surface area contributed by atoms with Gasteiger partial charge < -0.3 is 4.90 Å². The van der Waals surface area contributed by atoms with Crippen molar-refractivity contribution < 1.29 is 0 Å². The van der Waals surface area contributed by atoms with Crippen LogP contribution in [0.5, 0.6) is 0 Å². The highest BCUT2D eigenvalue weighted by Gasteiger charge is 2.19. The summed E-state index contributed by atoms with van der Waals surface area (Å²) < 4.78 is 0. The van der Waals surface area contributed by atoms with Crippen LogP contribution in [0.1, 0.15) is 25.3 Å². The summed E-state index contributed by atoms with van der Waals surface area (Å²) in [7, 11) is 0. The van der Waals surface area contributed by atoms with Crippen molar-refractivity contribution in [1.82, 2.24) is 15.1 Å². The van der Waals surface area contributed by atoms with E-state index in [9.17, 15) is 0 Å². The summed E-state index contributed by atoms with van der Waals surface area (Å²) in [5.74, 6) is 0. The van der Waals surface area contributed by atoms with Crippen LogP contribution in [-0.4, -0.2) is 34.2 Å². The minimum absolute atomic E-state index is 0.418. The second-order valence-corrected chi connectivity index (χ2v) is 7.30. The number of fused-ring (bicyclic) bond motifs is 1. The molecule has 4 heteroatoms. The topological polar surface area (TPSA) is 29.0 Å². The predicted molar refractivity (Wildman–Crippen MR) is 104 cm³/mol. The Morgan fingerprint density at radius 1 is 1.04 bits per heavy atom. The van der Waals surface area contributed by atoms with E-state index in [1.54, 1.807) is 6.07 Å². The number of aromatic nitrogens is 2. The molecule has 2 aromatic carbocycles. The Hall–Kier alpha value is -1.97. The van der Waals surface area contributed by atoms with Gasteiger partial charge in [0.2, 0.25) is 0 Å². The Morgan fingerprint density at radius 2 is 1.88 bits per heavy atom. The molecule has 0 spiro atoms. The number of hydrogen-bond acceptors (Lipinski definition) is 3. The number of halogens is 1. The fraction of sp³-hybridized carbons (Fsp3) is 0.333. The Kier molecular flexibility index (Phi) is 4.69. The van der Waals surface area contributed by atoms with Gasteiger partial charge in [0, 0.05) is 18.2 Å². The van der Waals surface area contributed by atoms with Crippen molar-refractivity contribution in [1.29, 1.82) is 0 Å². The molecule has 0 saturated carbocycles. The molecule has 25 heavy (non-hydrogen) atoms. The normalized spacial score (nSPS) is 18.1. The lowest BCUT2D eigenvalue weighted by Crippen LogP contribution is -2.28. The molecule has 1 aliphatic rings.